The van der Waals surface area contributed by atoms with Crippen molar-refractivity contribution in [3.63, 3.8) is 0 Å². The Labute approximate surface area is 267 Å². The average Bonchev–Trinajstić information content (AvgIpc) is 3.70. The van der Waals surface area contributed by atoms with E-state index in [2.05, 4.69) is 26.3 Å². The Morgan fingerprint density at radius 3 is 2.57 bits per heavy atom. The Kier molecular flexibility index (Phi) is 8.59. The summed E-state index contributed by atoms with van der Waals surface area (Å²) in [6.45, 7) is 2.58. The second-order valence-electron chi connectivity index (χ2n) is 10.8. The Hall–Kier alpha value is -5.40. The SMILES string of the molecule is CC1NN(Cc2ccccc2)C2=CCN(C(=O)C=Cc3c(-n4cnnn4)ccc(Cl)c3F)C(C(=O)Nc3ccc(C(=O)O)cc3)C21. The summed E-state index contributed by atoms with van der Waals surface area (Å²) in [5.41, 5.74) is 6.08. The highest BCUT2D eigenvalue weighted by Crippen LogP contribution is 2.36. The third kappa shape index (κ3) is 6.10. The number of benzene rings is 3. The lowest BCUT2D eigenvalue weighted by Crippen LogP contribution is -2.55. The molecule has 0 aliphatic carbocycles. The normalized spacial score (nSPS) is 19.2. The van der Waals surface area contributed by atoms with Crippen molar-refractivity contribution in [1.29, 1.82) is 0 Å². The van der Waals surface area contributed by atoms with Gasteiger partial charge >= 0.3 is 5.97 Å². The third-order valence-corrected chi connectivity index (χ3v) is 8.25. The van der Waals surface area contributed by atoms with Gasteiger partial charge in [-0.1, -0.05) is 41.9 Å². The molecule has 1 fully saturated rings. The average molecular weight is 643 g/mol. The predicted molar refractivity (Wildman–Crippen MR) is 167 cm³/mol. The van der Waals surface area contributed by atoms with Crippen LogP contribution in [0.4, 0.5) is 10.1 Å². The first kappa shape index (κ1) is 30.6. The molecule has 0 spiro atoms. The van der Waals surface area contributed by atoms with Crippen LogP contribution < -0.4 is 10.7 Å². The van der Waals surface area contributed by atoms with Gasteiger partial charge in [-0.3, -0.25) is 9.59 Å². The summed E-state index contributed by atoms with van der Waals surface area (Å²) in [4.78, 5) is 40.6. The van der Waals surface area contributed by atoms with Crippen LogP contribution in [-0.4, -0.2) is 71.6 Å². The van der Waals surface area contributed by atoms with Crippen molar-refractivity contribution in [3.05, 3.63) is 118 Å². The van der Waals surface area contributed by atoms with Crippen molar-refractivity contribution < 1.29 is 23.9 Å². The van der Waals surface area contributed by atoms with Crippen molar-refractivity contribution in [3.8, 4) is 5.69 Å². The minimum absolute atomic E-state index is 0.00847. The number of hydrazine groups is 1. The van der Waals surface area contributed by atoms with Gasteiger partial charge in [-0.15, -0.1) is 5.10 Å². The van der Waals surface area contributed by atoms with E-state index in [4.69, 9.17) is 11.6 Å². The fourth-order valence-electron chi connectivity index (χ4n) is 5.80. The van der Waals surface area contributed by atoms with Gasteiger partial charge in [0.2, 0.25) is 11.8 Å². The number of amides is 2. The van der Waals surface area contributed by atoms with Gasteiger partial charge in [-0.25, -0.2) is 14.6 Å². The number of carboxylic acid groups (broad SMARTS) is 1. The van der Waals surface area contributed by atoms with Gasteiger partial charge < -0.3 is 20.3 Å². The fourth-order valence-corrected chi connectivity index (χ4v) is 5.97. The van der Waals surface area contributed by atoms with E-state index in [-0.39, 0.29) is 34.4 Å². The minimum atomic E-state index is -1.09. The molecule has 2 aliphatic rings. The van der Waals surface area contributed by atoms with E-state index >= 15 is 4.39 Å². The number of nitrogens with zero attached hydrogens (tertiary/aromatic N) is 6. The molecule has 3 atom stereocenters. The molecule has 0 radical (unpaired) electrons. The maximum absolute atomic E-state index is 15.2. The molecule has 2 aliphatic heterocycles. The van der Waals surface area contributed by atoms with Gasteiger partial charge in [0, 0.05) is 41.5 Å². The second kappa shape index (κ2) is 12.9. The molecular weight excluding hydrogens is 615 g/mol. The van der Waals surface area contributed by atoms with E-state index in [0.717, 1.165) is 11.3 Å². The summed E-state index contributed by atoms with van der Waals surface area (Å²) >= 11 is 6.06. The summed E-state index contributed by atoms with van der Waals surface area (Å²) in [7, 11) is 0. The molecule has 3 unspecified atom stereocenters. The van der Waals surface area contributed by atoms with E-state index in [1.54, 1.807) is 0 Å². The number of carboxylic acids is 1. The molecule has 0 saturated carbocycles. The van der Waals surface area contributed by atoms with Crippen molar-refractivity contribution in [1.82, 2.24) is 35.5 Å². The van der Waals surface area contributed by atoms with E-state index in [9.17, 15) is 19.5 Å². The smallest absolute Gasteiger partial charge is 0.335 e. The number of aromatic carboxylic acids is 1. The van der Waals surface area contributed by atoms with Crippen molar-refractivity contribution >= 4 is 41.1 Å². The third-order valence-electron chi connectivity index (χ3n) is 7.96. The van der Waals surface area contributed by atoms with Gasteiger partial charge in [0.25, 0.3) is 0 Å². The maximum atomic E-state index is 15.2. The molecule has 46 heavy (non-hydrogen) atoms. The van der Waals surface area contributed by atoms with E-state index in [1.807, 2.05) is 48.3 Å². The zero-order valence-corrected chi connectivity index (χ0v) is 25.2. The van der Waals surface area contributed by atoms with Gasteiger partial charge in [0.15, 0.2) is 5.82 Å². The Balaban J connectivity index is 1.33. The van der Waals surface area contributed by atoms with Crippen LogP contribution >= 0.6 is 11.6 Å². The van der Waals surface area contributed by atoms with Crippen LogP contribution in [0.15, 0.2) is 90.9 Å². The highest BCUT2D eigenvalue weighted by molar-refractivity contribution is 6.31. The molecule has 1 saturated heterocycles. The van der Waals surface area contributed by atoms with Gasteiger partial charge in [0.1, 0.15) is 12.4 Å². The Bertz CT molecular complexity index is 1830. The number of halogens is 2. The summed E-state index contributed by atoms with van der Waals surface area (Å²) in [5, 5.41) is 25.0. The summed E-state index contributed by atoms with van der Waals surface area (Å²) < 4.78 is 16.5. The zero-order valence-electron chi connectivity index (χ0n) is 24.4. The zero-order chi connectivity index (χ0) is 32.4. The number of anilines is 1. The quantitative estimate of drug-likeness (QED) is 0.243. The first-order chi connectivity index (χ1) is 22.2. The molecule has 12 nitrogen and oxygen atoms in total. The van der Waals surface area contributed by atoms with Crippen LogP contribution in [0, 0.1) is 11.7 Å². The number of hydrogen-bond acceptors (Lipinski definition) is 8. The minimum Gasteiger partial charge on any atom is -0.478 e. The molecule has 3 N–H and O–H groups in total. The largest absolute Gasteiger partial charge is 0.478 e. The highest BCUT2D eigenvalue weighted by atomic mass is 35.5. The molecule has 6 rings (SSSR count). The van der Waals surface area contributed by atoms with E-state index < -0.39 is 35.6 Å². The number of fused-ring (bicyclic) bond motifs is 1. The Morgan fingerprint density at radius 1 is 1.11 bits per heavy atom. The molecular formula is C32H28ClFN8O4. The Morgan fingerprint density at radius 2 is 1.87 bits per heavy atom. The topological polar surface area (TPSA) is 146 Å². The second-order valence-corrected chi connectivity index (χ2v) is 11.2. The highest BCUT2D eigenvalue weighted by Gasteiger charge is 2.48. The fraction of sp³-hybridized carbons (Fsp3) is 0.188. The molecule has 2 amide bonds. The summed E-state index contributed by atoms with van der Waals surface area (Å²) in [6.07, 6.45) is 5.68. The number of aromatic nitrogens is 4. The van der Waals surface area contributed by atoms with Crippen molar-refractivity contribution in [2.75, 3.05) is 11.9 Å². The van der Waals surface area contributed by atoms with Gasteiger partial charge in [0.05, 0.1) is 22.8 Å². The van der Waals surface area contributed by atoms with Crippen LogP contribution in [0.25, 0.3) is 11.8 Å². The van der Waals surface area contributed by atoms with E-state index in [1.165, 1.54) is 64.5 Å². The van der Waals surface area contributed by atoms with Crippen LogP contribution in [0.2, 0.25) is 5.02 Å². The first-order valence-electron chi connectivity index (χ1n) is 14.3. The lowest BCUT2D eigenvalue weighted by atomic mass is 9.86. The maximum Gasteiger partial charge on any atom is 0.335 e. The molecule has 234 valence electrons. The monoisotopic (exact) mass is 642 g/mol. The standard InChI is InChI=1S/C32H28ClFN8O4/c1-19-28-26(41(37-19)17-20-5-3-2-4-6-20)15-16-40(30(28)31(44)36-22-9-7-21(8-10-22)32(45)46)27(43)14-11-23-25(42-18-35-38-39-42)13-12-24(33)29(23)34/h2-15,18-19,28,30,37H,16-17H2,1H3,(H,36,44)(H,45,46). The summed E-state index contributed by atoms with van der Waals surface area (Å²) in [6, 6.07) is 17.3. The van der Waals surface area contributed by atoms with E-state index in [0.29, 0.717) is 12.2 Å². The number of carbonyl (C=O) groups is 3. The molecule has 3 aromatic carbocycles. The lowest BCUT2D eigenvalue weighted by molar-refractivity contribution is -0.136. The number of hydrogen-bond donors (Lipinski definition) is 3. The number of carbonyl (C=O) groups excluding carboxylic acids is 2. The molecule has 14 heteroatoms. The van der Waals surface area contributed by atoms with Gasteiger partial charge in [-0.2, -0.15) is 4.68 Å². The number of nitrogens with one attached hydrogen (secondary N) is 2. The number of rotatable bonds is 8. The summed E-state index contributed by atoms with van der Waals surface area (Å²) in [5.74, 6) is -3.28. The van der Waals surface area contributed by atoms with Crippen molar-refractivity contribution in [2.24, 2.45) is 5.92 Å². The van der Waals surface area contributed by atoms with Crippen molar-refractivity contribution in [2.45, 2.75) is 25.6 Å². The lowest BCUT2D eigenvalue weighted by Gasteiger charge is -2.38. The van der Waals surface area contributed by atoms with Gasteiger partial charge in [-0.05, 0) is 71.5 Å². The van der Waals surface area contributed by atoms with Crippen LogP contribution in [-0.2, 0) is 16.1 Å². The van der Waals surface area contributed by atoms with Crippen LogP contribution in [0.1, 0.15) is 28.4 Å². The molecule has 1 aromatic heterocycles. The predicted octanol–water partition coefficient (Wildman–Crippen LogP) is 3.92. The molecule has 0 bridgehead atoms. The van der Waals surface area contributed by atoms with Crippen LogP contribution in [0.5, 0.6) is 0 Å². The van der Waals surface area contributed by atoms with Crippen LogP contribution in [0.3, 0.4) is 0 Å². The first-order valence-corrected chi connectivity index (χ1v) is 14.7. The molecule has 3 heterocycles. The number of tetrazole rings is 1. The molecule has 4 aromatic rings.